The van der Waals surface area contributed by atoms with Crippen LogP contribution in [-0.4, -0.2) is 5.91 Å². The number of rotatable bonds is 3. The van der Waals surface area contributed by atoms with Crippen LogP contribution in [-0.2, 0) is 4.79 Å². The zero-order chi connectivity index (χ0) is 15.2. The van der Waals surface area contributed by atoms with Gasteiger partial charge in [0.2, 0.25) is 0 Å². The summed E-state index contributed by atoms with van der Waals surface area (Å²) in [5.41, 5.74) is 2.59. The van der Waals surface area contributed by atoms with Crippen molar-refractivity contribution in [2.75, 3.05) is 5.32 Å². The third-order valence-corrected chi connectivity index (χ3v) is 3.43. The fraction of sp³-hybridized carbons (Fsp3) is 0.0588. The standard InChI is InChI=1S/C17H13BrN2O/c1-12-5-2-3-6-13(12)9-14(11-19)17(21)20-16-8-4-7-15(18)10-16/h2-10H,1H3,(H,20,21)/b14-9+. The lowest BCUT2D eigenvalue weighted by atomic mass is 10.1. The van der Waals surface area contributed by atoms with E-state index in [9.17, 15) is 10.1 Å². The molecule has 1 amide bonds. The number of anilines is 1. The molecule has 0 aliphatic carbocycles. The molecule has 0 spiro atoms. The highest BCUT2D eigenvalue weighted by molar-refractivity contribution is 9.10. The van der Waals surface area contributed by atoms with Crippen LogP contribution in [0.5, 0.6) is 0 Å². The van der Waals surface area contributed by atoms with E-state index in [0.29, 0.717) is 5.69 Å². The Labute approximate surface area is 132 Å². The first kappa shape index (κ1) is 15.0. The molecule has 0 saturated heterocycles. The Morgan fingerprint density at radius 1 is 1.24 bits per heavy atom. The first-order valence-electron chi connectivity index (χ1n) is 6.34. The van der Waals surface area contributed by atoms with E-state index in [1.54, 1.807) is 18.2 Å². The van der Waals surface area contributed by atoms with Crippen LogP contribution < -0.4 is 5.32 Å². The van der Waals surface area contributed by atoms with Crippen molar-refractivity contribution in [3.8, 4) is 6.07 Å². The van der Waals surface area contributed by atoms with E-state index in [0.717, 1.165) is 15.6 Å². The third kappa shape index (κ3) is 4.04. The molecule has 0 aliphatic heterocycles. The molecule has 2 rings (SSSR count). The van der Waals surface area contributed by atoms with Crippen molar-refractivity contribution in [2.24, 2.45) is 0 Å². The van der Waals surface area contributed by atoms with Gasteiger partial charge in [-0.2, -0.15) is 5.26 Å². The van der Waals surface area contributed by atoms with Crippen LogP contribution in [0.3, 0.4) is 0 Å². The highest BCUT2D eigenvalue weighted by Gasteiger charge is 2.10. The molecule has 0 radical (unpaired) electrons. The van der Waals surface area contributed by atoms with Crippen LogP contribution in [0.1, 0.15) is 11.1 Å². The largest absolute Gasteiger partial charge is 0.321 e. The van der Waals surface area contributed by atoms with Gasteiger partial charge in [-0.1, -0.05) is 46.3 Å². The van der Waals surface area contributed by atoms with Crippen LogP contribution in [0, 0.1) is 18.3 Å². The number of hydrogen-bond donors (Lipinski definition) is 1. The molecule has 0 heterocycles. The summed E-state index contributed by atoms with van der Waals surface area (Å²) in [5.74, 6) is -0.418. The van der Waals surface area contributed by atoms with E-state index < -0.39 is 5.91 Å². The maximum atomic E-state index is 12.2. The van der Waals surface area contributed by atoms with Gasteiger partial charge >= 0.3 is 0 Å². The number of aryl methyl sites for hydroxylation is 1. The Hall–Kier alpha value is -2.38. The number of nitriles is 1. The van der Waals surface area contributed by atoms with Gasteiger partial charge in [0.15, 0.2) is 0 Å². The summed E-state index contributed by atoms with van der Waals surface area (Å²) in [7, 11) is 0. The summed E-state index contributed by atoms with van der Waals surface area (Å²) >= 11 is 3.34. The molecule has 4 heteroatoms. The quantitative estimate of drug-likeness (QED) is 0.668. The molecule has 104 valence electrons. The molecule has 2 aromatic carbocycles. The van der Waals surface area contributed by atoms with Gasteiger partial charge in [0.25, 0.3) is 5.91 Å². The van der Waals surface area contributed by atoms with Crippen LogP contribution in [0.15, 0.2) is 58.6 Å². The second-order valence-corrected chi connectivity index (χ2v) is 5.41. The fourth-order valence-corrected chi connectivity index (χ4v) is 2.22. The average Bonchev–Trinajstić information content (AvgIpc) is 2.46. The lowest BCUT2D eigenvalue weighted by molar-refractivity contribution is -0.112. The molecule has 0 bridgehead atoms. The minimum atomic E-state index is -0.418. The molecule has 0 aromatic heterocycles. The lowest BCUT2D eigenvalue weighted by Gasteiger charge is -2.05. The number of amides is 1. The minimum Gasteiger partial charge on any atom is -0.321 e. The summed E-state index contributed by atoms with van der Waals surface area (Å²) in [6.45, 7) is 1.94. The number of nitrogens with zero attached hydrogens (tertiary/aromatic N) is 1. The molecule has 3 nitrogen and oxygen atoms in total. The number of halogens is 1. The molecule has 1 N–H and O–H groups in total. The summed E-state index contributed by atoms with van der Waals surface area (Å²) in [4.78, 5) is 12.2. The van der Waals surface area contributed by atoms with Crippen molar-refractivity contribution in [3.63, 3.8) is 0 Å². The van der Waals surface area contributed by atoms with Gasteiger partial charge in [-0.15, -0.1) is 0 Å². The van der Waals surface area contributed by atoms with Crippen LogP contribution in [0.25, 0.3) is 6.08 Å². The van der Waals surface area contributed by atoms with E-state index >= 15 is 0 Å². The van der Waals surface area contributed by atoms with E-state index in [2.05, 4.69) is 21.2 Å². The van der Waals surface area contributed by atoms with Gasteiger partial charge in [-0.05, 0) is 42.3 Å². The van der Waals surface area contributed by atoms with Gasteiger partial charge in [0, 0.05) is 10.2 Å². The minimum absolute atomic E-state index is 0.0734. The predicted molar refractivity (Wildman–Crippen MR) is 87.5 cm³/mol. The Kier molecular flexibility index (Phi) is 4.91. The average molecular weight is 341 g/mol. The number of carbonyl (C=O) groups is 1. The van der Waals surface area contributed by atoms with Crippen LogP contribution in [0.2, 0.25) is 0 Å². The van der Waals surface area contributed by atoms with E-state index in [-0.39, 0.29) is 5.57 Å². The fourth-order valence-electron chi connectivity index (χ4n) is 1.82. The predicted octanol–water partition coefficient (Wildman–Crippen LogP) is 4.30. The molecule has 0 atom stereocenters. The number of nitrogens with one attached hydrogen (secondary N) is 1. The molecule has 0 aliphatic rings. The number of benzene rings is 2. The number of carbonyl (C=O) groups excluding carboxylic acids is 1. The molecule has 0 saturated carbocycles. The summed E-state index contributed by atoms with van der Waals surface area (Å²) in [6.07, 6.45) is 1.60. The lowest BCUT2D eigenvalue weighted by Crippen LogP contribution is -2.13. The normalized spacial score (nSPS) is 10.8. The summed E-state index contributed by atoms with van der Waals surface area (Å²) in [6, 6.07) is 16.8. The second kappa shape index (κ2) is 6.87. The van der Waals surface area contributed by atoms with Crippen molar-refractivity contribution in [2.45, 2.75) is 6.92 Å². The Bertz CT molecular complexity index is 744. The van der Waals surface area contributed by atoms with Gasteiger partial charge in [0.1, 0.15) is 11.6 Å². The van der Waals surface area contributed by atoms with Gasteiger partial charge in [0.05, 0.1) is 0 Å². The zero-order valence-corrected chi connectivity index (χ0v) is 13.0. The highest BCUT2D eigenvalue weighted by Crippen LogP contribution is 2.17. The molecule has 0 unspecified atom stereocenters. The maximum Gasteiger partial charge on any atom is 0.266 e. The Balaban J connectivity index is 2.24. The molecular formula is C17H13BrN2O. The molecule has 2 aromatic rings. The molecular weight excluding hydrogens is 328 g/mol. The smallest absolute Gasteiger partial charge is 0.266 e. The zero-order valence-electron chi connectivity index (χ0n) is 11.4. The first-order valence-corrected chi connectivity index (χ1v) is 7.14. The first-order chi connectivity index (χ1) is 10.1. The van der Waals surface area contributed by atoms with Gasteiger partial charge in [-0.25, -0.2) is 0 Å². The van der Waals surface area contributed by atoms with Gasteiger partial charge in [-0.3, -0.25) is 4.79 Å². The third-order valence-electron chi connectivity index (χ3n) is 2.94. The number of hydrogen-bond acceptors (Lipinski definition) is 2. The van der Waals surface area contributed by atoms with Crippen LogP contribution in [0.4, 0.5) is 5.69 Å². The van der Waals surface area contributed by atoms with Crippen molar-refractivity contribution in [1.29, 1.82) is 5.26 Å². The van der Waals surface area contributed by atoms with Crippen LogP contribution >= 0.6 is 15.9 Å². The maximum absolute atomic E-state index is 12.2. The second-order valence-electron chi connectivity index (χ2n) is 4.49. The van der Waals surface area contributed by atoms with Crippen molar-refractivity contribution in [3.05, 3.63) is 69.7 Å². The van der Waals surface area contributed by atoms with E-state index in [1.807, 2.05) is 49.4 Å². The van der Waals surface area contributed by atoms with Crippen molar-refractivity contribution in [1.82, 2.24) is 0 Å². The summed E-state index contributed by atoms with van der Waals surface area (Å²) in [5, 5.41) is 11.9. The highest BCUT2D eigenvalue weighted by atomic mass is 79.9. The monoisotopic (exact) mass is 340 g/mol. The van der Waals surface area contributed by atoms with Crippen molar-refractivity contribution < 1.29 is 4.79 Å². The Morgan fingerprint density at radius 3 is 2.67 bits per heavy atom. The van der Waals surface area contributed by atoms with E-state index in [4.69, 9.17) is 0 Å². The topological polar surface area (TPSA) is 52.9 Å². The van der Waals surface area contributed by atoms with Crippen molar-refractivity contribution >= 4 is 33.6 Å². The van der Waals surface area contributed by atoms with E-state index in [1.165, 1.54) is 0 Å². The SMILES string of the molecule is Cc1ccccc1/C=C(\C#N)C(=O)Nc1cccc(Br)c1. The summed E-state index contributed by atoms with van der Waals surface area (Å²) < 4.78 is 0.863. The Morgan fingerprint density at radius 2 is 2.00 bits per heavy atom. The molecule has 21 heavy (non-hydrogen) atoms. The molecule has 0 fully saturated rings. The van der Waals surface area contributed by atoms with Gasteiger partial charge < -0.3 is 5.32 Å².